The third kappa shape index (κ3) is 8.84. The van der Waals surface area contributed by atoms with Gasteiger partial charge in [0.2, 0.25) is 0 Å². The van der Waals surface area contributed by atoms with E-state index in [1.54, 1.807) is 23.1 Å². The Morgan fingerprint density at radius 2 is 2.07 bits per heavy atom. The van der Waals surface area contributed by atoms with Crippen LogP contribution in [0.4, 0.5) is 0 Å². The van der Waals surface area contributed by atoms with Gasteiger partial charge < -0.3 is 15.2 Å². The van der Waals surface area contributed by atoms with Crippen molar-refractivity contribution < 1.29 is 0 Å². The first-order valence-electron chi connectivity index (χ1n) is 10.1. The summed E-state index contributed by atoms with van der Waals surface area (Å²) in [4.78, 5) is 6.14. The number of halogens is 1. The molecule has 164 valence electrons. The van der Waals surface area contributed by atoms with Crippen molar-refractivity contribution in [2.45, 2.75) is 58.2 Å². The lowest BCUT2D eigenvalue weighted by molar-refractivity contribution is 0.477. The summed E-state index contributed by atoms with van der Waals surface area (Å²) in [6, 6.07) is 4.28. The van der Waals surface area contributed by atoms with Gasteiger partial charge in [-0.2, -0.15) is 0 Å². The molecule has 2 aromatic rings. The zero-order chi connectivity index (χ0) is 20.4. The van der Waals surface area contributed by atoms with Gasteiger partial charge in [0.25, 0.3) is 0 Å². The van der Waals surface area contributed by atoms with Crippen LogP contribution < -0.4 is 10.6 Å². The number of nitrogens with zero attached hydrogens (tertiary/aromatic N) is 4. The minimum absolute atomic E-state index is 0. The van der Waals surface area contributed by atoms with Gasteiger partial charge in [0.1, 0.15) is 5.82 Å². The number of thioether (sulfide) groups is 1. The second-order valence-electron chi connectivity index (χ2n) is 7.27. The number of nitrogens with one attached hydrogen (secondary N) is 2. The average Bonchev–Trinajstić information content (AvgIpc) is 3.33. The summed E-state index contributed by atoms with van der Waals surface area (Å²) < 4.78 is 2.26. The standard InChI is InChI=1S/C20H34N6S2.HI/c1-6-21-19(23-13-16(4)17-9-8-12-28-17)22-11-7-10-18-24-25-20(27-5)26(18)14-15(2)3;/h8-9,12,15-16H,6-7,10-11,13-14H2,1-5H3,(H2,21,22,23);1H. The fourth-order valence-electron chi connectivity index (χ4n) is 2.89. The molecule has 1 atom stereocenters. The summed E-state index contributed by atoms with van der Waals surface area (Å²) in [7, 11) is 0. The number of aryl methyl sites for hydroxylation is 1. The van der Waals surface area contributed by atoms with Crippen molar-refractivity contribution in [1.82, 2.24) is 25.4 Å². The summed E-state index contributed by atoms with van der Waals surface area (Å²) in [5.41, 5.74) is 0. The molecular formula is C20H35IN6S2. The Hall–Kier alpha value is -0.810. The average molecular weight is 551 g/mol. The fourth-order valence-corrected chi connectivity index (χ4v) is 4.19. The molecule has 2 aromatic heterocycles. The van der Waals surface area contributed by atoms with Gasteiger partial charge >= 0.3 is 0 Å². The molecule has 0 spiro atoms. The fraction of sp³-hybridized carbons (Fsp3) is 0.650. The summed E-state index contributed by atoms with van der Waals surface area (Å²) >= 11 is 3.46. The molecule has 0 radical (unpaired) electrons. The first kappa shape index (κ1) is 26.2. The van der Waals surface area contributed by atoms with E-state index in [9.17, 15) is 0 Å². The Morgan fingerprint density at radius 1 is 1.28 bits per heavy atom. The highest BCUT2D eigenvalue weighted by molar-refractivity contribution is 14.0. The van der Waals surface area contributed by atoms with Gasteiger partial charge in [-0.05, 0) is 37.0 Å². The third-order valence-electron chi connectivity index (χ3n) is 4.29. The van der Waals surface area contributed by atoms with Crippen LogP contribution in [0.25, 0.3) is 0 Å². The van der Waals surface area contributed by atoms with Gasteiger partial charge in [-0.3, -0.25) is 4.99 Å². The van der Waals surface area contributed by atoms with E-state index >= 15 is 0 Å². The van der Waals surface area contributed by atoms with Crippen LogP contribution in [-0.2, 0) is 13.0 Å². The van der Waals surface area contributed by atoms with Crippen LogP contribution in [0.2, 0.25) is 0 Å². The second-order valence-corrected chi connectivity index (χ2v) is 9.03. The van der Waals surface area contributed by atoms with Gasteiger partial charge in [0, 0.05) is 36.9 Å². The van der Waals surface area contributed by atoms with Crippen LogP contribution in [-0.4, -0.2) is 46.6 Å². The minimum Gasteiger partial charge on any atom is -0.357 e. The zero-order valence-corrected chi connectivity index (χ0v) is 22.1. The molecule has 0 saturated heterocycles. The minimum atomic E-state index is 0. The lowest BCUT2D eigenvalue weighted by Crippen LogP contribution is -2.38. The molecule has 1 unspecified atom stereocenters. The quantitative estimate of drug-likeness (QED) is 0.141. The molecule has 2 N–H and O–H groups in total. The van der Waals surface area contributed by atoms with Crippen molar-refractivity contribution in [3.63, 3.8) is 0 Å². The van der Waals surface area contributed by atoms with Crippen LogP contribution in [0, 0.1) is 5.92 Å². The lowest BCUT2D eigenvalue weighted by atomic mass is 10.1. The lowest BCUT2D eigenvalue weighted by Gasteiger charge is -2.14. The third-order valence-corrected chi connectivity index (χ3v) is 6.06. The smallest absolute Gasteiger partial charge is 0.191 e. The molecule has 0 amide bonds. The van der Waals surface area contributed by atoms with Gasteiger partial charge in [-0.15, -0.1) is 45.5 Å². The highest BCUT2D eigenvalue weighted by atomic mass is 127. The number of hydrogen-bond donors (Lipinski definition) is 2. The van der Waals surface area contributed by atoms with Crippen molar-refractivity contribution in [1.29, 1.82) is 0 Å². The molecular weight excluding hydrogens is 515 g/mol. The van der Waals surface area contributed by atoms with Gasteiger partial charge in [-0.1, -0.05) is 38.6 Å². The van der Waals surface area contributed by atoms with Crippen LogP contribution in [0.5, 0.6) is 0 Å². The Bertz CT molecular complexity index is 715. The molecule has 0 fully saturated rings. The Kier molecular flexibility index (Phi) is 12.9. The zero-order valence-electron chi connectivity index (χ0n) is 18.1. The van der Waals surface area contributed by atoms with Crippen molar-refractivity contribution in [2.24, 2.45) is 10.9 Å². The van der Waals surface area contributed by atoms with E-state index in [2.05, 4.69) is 76.9 Å². The van der Waals surface area contributed by atoms with E-state index in [-0.39, 0.29) is 24.0 Å². The van der Waals surface area contributed by atoms with Crippen molar-refractivity contribution >= 4 is 53.0 Å². The van der Waals surface area contributed by atoms with Crippen molar-refractivity contribution in [3.05, 3.63) is 28.2 Å². The number of rotatable bonds is 11. The maximum absolute atomic E-state index is 4.75. The monoisotopic (exact) mass is 550 g/mol. The number of guanidine groups is 1. The molecule has 0 bridgehead atoms. The predicted octanol–water partition coefficient (Wildman–Crippen LogP) is 4.63. The van der Waals surface area contributed by atoms with Gasteiger partial charge in [0.15, 0.2) is 11.1 Å². The van der Waals surface area contributed by atoms with Crippen LogP contribution in [0.15, 0.2) is 27.7 Å². The second kappa shape index (κ2) is 14.2. The molecule has 2 heterocycles. The summed E-state index contributed by atoms with van der Waals surface area (Å²) in [6.07, 6.45) is 3.97. The number of hydrogen-bond acceptors (Lipinski definition) is 5. The van der Waals surface area contributed by atoms with E-state index in [1.807, 2.05) is 0 Å². The molecule has 0 saturated carbocycles. The summed E-state index contributed by atoms with van der Waals surface area (Å²) in [5.74, 6) is 2.99. The highest BCUT2D eigenvalue weighted by Crippen LogP contribution is 2.20. The van der Waals surface area contributed by atoms with Crippen molar-refractivity contribution in [3.8, 4) is 0 Å². The Morgan fingerprint density at radius 3 is 2.69 bits per heavy atom. The summed E-state index contributed by atoms with van der Waals surface area (Å²) in [5, 5.41) is 18.6. The van der Waals surface area contributed by atoms with E-state index in [0.717, 1.165) is 56.0 Å². The van der Waals surface area contributed by atoms with E-state index in [1.165, 1.54) is 4.88 Å². The van der Waals surface area contributed by atoms with Gasteiger partial charge in [0.05, 0.1) is 6.54 Å². The molecule has 9 heteroatoms. The molecule has 0 aliphatic heterocycles. The van der Waals surface area contributed by atoms with E-state index < -0.39 is 0 Å². The first-order chi connectivity index (χ1) is 13.5. The predicted molar refractivity (Wildman–Crippen MR) is 137 cm³/mol. The van der Waals surface area contributed by atoms with E-state index in [4.69, 9.17) is 4.99 Å². The summed E-state index contributed by atoms with van der Waals surface area (Å²) in [6.45, 7) is 12.3. The number of aliphatic imine (C=N–C) groups is 1. The number of thiophene rings is 1. The molecule has 0 aromatic carbocycles. The highest BCUT2D eigenvalue weighted by Gasteiger charge is 2.12. The molecule has 29 heavy (non-hydrogen) atoms. The molecule has 0 aliphatic rings. The maximum Gasteiger partial charge on any atom is 0.191 e. The van der Waals surface area contributed by atoms with Crippen LogP contribution in [0.3, 0.4) is 0 Å². The van der Waals surface area contributed by atoms with E-state index in [0.29, 0.717) is 11.8 Å². The first-order valence-corrected chi connectivity index (χ1v) is 12.2. The Balaban J connectivity index is 0.00000420. The number of aromatic nitrogens is 3. The van der Waals surface area contributed by atoms with Gasteiger partial charge in [-0.25, -0.2) is 0 Å². The SMILES string of the molecule is CCNC(=NCC(C)c1cccs1)NCCCc1nnc(SC)n1CC(C)C.I. The normalized spacial score (nSPS) is 12.7. The van der Waals surface area contributed by atoms with Crippen molar-refractivity contribution in [2.75, 3.05) is 25.9 Å². The maximum atomic E-state index is 4.75. The topological polar surface area (TPSA) is 67.1 Å². The largest absolute Gasteiger partial charge is 0.357 e. The molecule has 2 rings (SSSR count). The van der Waals surface area contributed by atoms with Crippen LogP contribution in [0.1, 0.15) is 50.7 Å². The Labute approximate surface area is 200 Å². The molecule has 6 nitrogen and oxygen atoms in total. The van der Waals surface area contributed by atoms with Crippen LogP contribution >= 0.6 is 47.1 Å². The molecule has 0 aliphatic carbocycles.